The van der Waals surface area contributed by atoms with E-state index in [1.54, 1.807) is 13.8 Å². The van der Waals surface area contributed by atoms with E-state index in [1.165, 1.54) is 16.6 Å². The number of pyridine rings is 1. The number of rotatable bonds is 5. The average molecular weight is 309 g/mol. The van der Waals surface area contributed by atoms with Crippen LogP contribution in [0.1, 0.15) is 13.8 Å². The number of sulfonamides is 1. The van der Waals surface area contributed by atoms with Gasteiger partial charge >= 0.3 is 0 Å². The Hall–Kier alpha value is -0.620. The summed E-state index contributed by atoms with van der Waals surface area (Å²) in [4.78, 5) is 3.77. The van der Waals surface area contributed by atoms with Gasteiger partial charge in [-0.05, 0) is 13.0 Å². The molecular weight excluding hydrogens is 295 g/mol. The highest BCUT2D eigenvalue weighted by molar-refractivity contribution is 7.89. The van der Waals surface area contributed by atoms with Gasteiger partial charge in [0.15, 0.2) is 0 Å². The van der Waals surface area contributed by atoms with Gasteiger partial charge in [-0.15, -0.1) is 0 Å². The monoisotopic (exact) mass is 308 g/mol. The van der Waals surface area contributed by atoms with Gasteiger partial charge in [-0.3, -0.25) is 0 Å². The molecule has 0 bridgehead atoms. The zero-order valence-corrected chi connectivity index (χ0v) is 12.5. The molecule has 0 radical (unpaired) electrons. The molecule has 1 aromatic rings. The third-order valence-electron chi connectivity index (χ3n) is 2.21. The molecule has 1 aromatic heterocycles. The number of halogens is 2. The van der Waals surface area contributed by atoms with E-state index in [0.29, 0.717) is 6.54 Å². The maximum atomic E-state index is 12.3. The fourth-order valence-electron chi connectivity index (χ4n) is 1.36. The fraction of sp³-hybridized carbons (Fsp3) is 0.364. The van der Waals surface area contributed by atoms with Crippen LogP contribution < -0.4 is 0 Å². The van der Waals surface area contributed by atoms with Crippen LogP contribution >= 0.6 is 23.2 Å². The van der Waals surface area contributed by atoms with Crippen molar-refractivity contribution in [1.29, 1.82) is 0 Å². The zero-order chi connectivity index (χ0) is 13.9. The van der Waals surface area contributed by atoms with Crippen LogP contribution in [0.3, 0.4) is 0 Å². The van der Waals surface area contributed by atoms with Crippen LogP contribution in [0.5, 0.6) is 0 Å². The largest absolute Gasteiger partial charge is 0.244 e. The predicted molar refractivity (Wildman–Crippen MR) is 73.5 cm³/mol. The molecule has 0 saturated carbocycles. The molecule has 0 atom stereocenters. The molecule has 0 aromatic carbocycles. The van der Waals surface area contributed by atoms with E-state index in [0.717, 1.165) is 5.57 Å². The lowest BCUT2D eigenvalue weighted by Crippen LogP contribution is -2.32. The first-order valence-electron chi connectivity index (χ1n) is 5.24. The Morgan fingerprint density at radius 3 is 2.56 bits per heavy atom. The first-order chi connectivity index (χ1) is 8.28. The number of hydrogen-bond donors (Lipinski definition) is 0. The van der Waals surface area contributed by atoms with Crippen LogP contribution in [0.4, 0.5) is 0 Å². The highest BCUT2D eigenvalue weighted by atomic mass is 35.5. The third-order valence-corrected chi connectivity index (χ3v) is 4.78. The smallest absolute Gasteiger partial charge is 0.242 e. The Balaban J connectivity index is 3.18. The van der Waals surface area contributed by atoms with Crippen molar-refractivity contribution in [1.82, 2.24) is 9.29 Å². The van der Waals surface area contributed by atoms with E-state index >= 15 is 0 Å². The minimum Gasteiger partial charge on any atom is -0.242 e. The number of aromatic nitrogens is 1. The van der Waals surface area contributed by atoms with Crippen molar-refractivity contribution in [3.05, 3.63) is 34.6 Å². The summed E-state index contributed by atoms with van der Waals surface area (Å²) in [5.74, 6) is 0. The van der Waals surface area contributed by atoms with Crippen LogP contribution in [-0.4, -0.2) is 30.8 Å². The fourth-order valence-corrected chi connectivity index (χ4v) is 3.18. The summed E-state index contributed by atoms with van der Waals surface area (Å²) in [7, 11) is -3.62. The van der Waals surface area contributed by atoms with Crippen LogP contribution in [0.25, 0.3) is 0 Å². The van der Waals surface area contributed by atoms with Crippen molar-refractivity contribution >= 4 is 33.2 Å². The Bertz CT molecular complexity index is 558. The Morgan fingerprint density at radius 2 is 2.11 bits per heavy atom. The third kappa shape index (κ3) is 3.45. The minimum absolute atomic E-state index is 0.0278. The van der Waals surface area contributed by atoms with E-state index in [9.17, 15) is 8.42 Å². The first kappa shape index (κ1) is 15.4. The summed E-state index contributed by atoms with van der Waals surface area (Å²) >= 11 is 11.4. The lowest BCUT2D eigenvalue weighted by molar-refractivity contribution is 0.452. The van der Waals surface area contributed by atoms with E-state index in [4.69, 9.17) is 23.2 Å². The Labute approximate surface area is 117 Å². The van der Waals surface area contributed by atoms with Gasteiger partial charge in [-0.25, -0.2) is 13.4 Å². The van der Waals surface area contributed by atoms with Crippen molar-refractivity contribution in [2.75, 3.05) is 13.1 Å². The number of hydrogen-bond acceptors (Lipinski definition) is 3. The molecule has 0 unspecified atom stereocenters. The van der Waals surface area contributed by atoms with Gasteiger partial charge < -0.3 is 0 Å². The Kier molecular flexibility index (Phi) is 5.16. The standard InChI is InChI=1S/C11H14Cl2N2O2S/c1-4-15(7-8(2)3)18(16,17)9-5-10(12)11(13)14-6-9/h5-6H,2,4,7H2,1,3H3. The molecule has 0 N–H and O–H groups in total. The quantitative estimate of drug-likeness (QED) is 0.620. The van der Waals surface area contributed by atoms with Crippen molar-refractivity contribution in [2.24, 2.45) is 0 Å². The molecule has 1 heterocycles. The van der Waals surface area contributed by atoms with Crippen LogP contribution in [0.15, 0.2) is 29.3 Å². The van der Waals surface area contributed by atoms with Gasteiger partial charge in [0.05, 0.1) is 5.02 Å². The SMILES string of the molecule is C=C(C)CN(CC)S(=O)(=O)c1cnc(Cl)c(Cl)c1. The molecule has 100 valence electrons. The highest BCUT2D eigenvalue weighted by Gasteiger charge is 2.24. The van der Waals surface area contributed by atoms with E-state index in [1.807, 2.05) is 0 Å². The van der Waals surface area contributed by atoms with E-state index in [-0.39, 0.29) is 21.6 Å². The molecule has 0 spiro atoms. The second-order valence-electron chi connectivity index (χ2n) is 3.83. The molecule has 0 saturated heterocycles. The van der Waals surface area contributed by atoms with E-state index in [2.05, 4.69) is 11.6 Å². The molecule has 4 nitrogen and oxygen atoms in total. The first-order valence-corrected chi connectivity index (χ1v) is 7.44. The Morgan fingerprint density at radius 1 is 1.50 bits per heavy atom. The second-order valence-corrected chi connectivity index (χ2v) is 6.54. The van der Waals surface area contributed by atoms with Crippen molar-refractivity contribution in [2.45, 2.75) is 18.7 Å². The maximum absolute atomic E-state index is 12.3. The average Bonchev–Trinajstić information content (AvgIpc) is 2.28. The van der Waals surface area contributed by atoms with Gasteiger partial charge in [-0.2, -0.15) is 4.31 Å². The molecule has 1 rings (SSSR count). The lowest BCUT2D eigenvalue weighted by Gasteiger charge is -2.20. The lowest BCUT2D eigenvalue weighted by atomic mass is 10.3. The predicted octanol–water partition coefficient (Wildman–Crippen LogP) is 2.98. The molecule has 0 aliphatic rings. The number of likely N-dealkylation sites (N-methyl/N-ethyl adjacent to an activating group) is 1. The van der Waals surface area contributed by atoms with Gasteiger partial charge in [0.1, 0.15) is 10.0 Å². The highest BCUT2D eigenvalue weighted by Crippen LogP contribution is 2.24. The summed E-state index contributed by atoms with van der Waals surface area (Å²) in [6, 6.07) is 1.30. The summed E-state index contributed by atoms with van der Waals surface area (Å²) in [5.41, 5.74) is 0.758. The van der Waals surface area contributed by atoms with Crippen LogP contribution in [0, 0.1) is 0 Å². The van der Waals surface area contributed by atoms with Gasteiger partial charge in [0.25, 0.3) is 0 Å². The van der Waals surface area contributed by atoms with Gasteiger partial charge in [0, 0.05) is 19.3 Å². The van der Waals surface area contributed by atoms with Crippen molar-refractivity contribution in [3.8, 4) is 0 Å². The van der Waals surface area contributed by atoms with Crippen molar-refractivity contribution < 1.29 is 8.42 Å². The molecule has 0 fully saturated rings. The molecule has 18 heavy (non-hydrogen) atoms. The van der Waals surface area contributed by atoms with Crippen molar-refractivity contribution in [3.63, 3.8) is 0 Å². The number of nitrogens with zero attached hydrogens (tertiary/aromatic N) is 2. The summed E-state index contributed by atoms with van der Waals surface area (Å²) in [5, 5.41) is 0.197. The molecular formula is C11H14Cl2N2O2S. The summed E-state index contributed by atoms with van der Waals surface area (Å²) < 4.78 is 25.9. The normalized spacial score (nSPS) is 11.8. The summed E-state index contributed by atoms with van der Waals surface area (Å²) in [6.07, 6.45) is 1.20. The van der Waals surface area contributed by atoms with Gasteiger partial charge in [-0.1, -0.05) is 42.3 Å². The summed E-state index contributed by atoms with van der Waals surface area (Å²) in [6.45, 7) is 7.84. The van der Waals surface area contributed by atoms with Crippen LogP contribution in [0.2, 0.25) is 10.2 Å². The maximum Gasteiger partial charge on any atom is 0.244 e. The zero-order valence-electron chi connectivity index (χ0n) is 10.2. The minimum atomic E-state index is -3.62. The molecule has 0 aliphatic carbocycles. The second kappa shape index (κ2) is 6.02. The van der Waals surface area contributed by atoms with Gasteiger partial charge in [0.2, 0.25) is 10.0 Å². The van der Waals surface area contributed by atoms with E-state index < -0.39 is 10.0 Å². The molecule has 0 amide bonds. The molecule has 0 aliphatic heterocycles. The molecule has 7 heteroatoms. The topological polar surface area (TPSA) is 50.3 Å². The van der Waals surface area contributed by atoms with Crippen LogP contribution in [-0.2, 0) is 10.0 Å².